The number of hydrogen-bond acceptors (Lipinski definition) is 3. The zero-order valence-electron chi connectivity index (χ0n) is 12.7. The minimum absolute atomic E-state index is 0.114. The summed E-state index contributed by atoms with van der Waals surface area (Å²) >= 11 is 0. The third-order valence-corrected chi connectivity index (χ3v) is 3.95. The van der Waals surface area contributed by atoms with Crippen LogP contribution in [-0.2, 0) is 16.1 Å². The summed E-state index contributed by atoms with van der Waals surface area (Å²) in [6.45, 7) is 0.222. The summed E-state index contributed by atoms with van der Waals surface area (Å²) in [6, 6.07) is 8.39. The van der Waals surface area contributed by atoms with E-state index in [1.54, 1.807) is 24.4 Å². The van der Waals surface area contributed by atoms with Gasteiger partial charge in [0.25, 0.3) is 0 Å². The molecule has 0 aliphatic heterocycles. The smallest absolute Gasteiger partial charge is 0.240 e. The van der Waals surface area contributed by atoms with Gasteiger partial charge in [-0.15, -0.1) is 0 Å². The van der Waals surface area contributed by atoms with Gasteiger partial charge in [-0.1, -0.05) is 6.07 Å². The molecule has 0 radical (unpaired) electrons. The molecule has 2 aromatic rings. The minimum Gasteiger partial charge on any atom is -0.350 e. The number of nitrogens with one attached hydrogen (secondary N) is 2. The molecule has 1 aromatic heterocycles. The molecule has 1 saturated carbocycles. The quantitative estimate of drug-likeness (QED) is 0.827. The van der Waals surface area contributed by atoms with Crippen molar-refractivity contribution in [1.29, 1.82) is 0 Å². The Balaban J connectivity index is 1.63. The Morgan fingerprint density at radius 3 is 2.50 bits per heavy atom. The molecule has 0 spiro atoms. The van der Waals surface area contributed by atoms with Crippen molar-refractivity contribution in [3.63, 3.8) is 0 Å². The van der Waals surface area contributed by atoms with Crippen molar-refractivity contribution in [1.82, 2.24) is 10.3 Å². The molecular formula is C17H15F2N3O2. The number of pyridine rings is 1. The number of benzene rings is 1. The van der Waals surface area contributed by atoms with E-state index in [1.165, 1.54) is 6.07 Å². The molecular weight excluding hydrogens is 316 g/mol. The highest BCUT2D eigenvalue weighted by molar-refractivity contribution is 6.13. The normalized spacial score (nSPS) is 14.8. The van der Waals surface area contributed by atoms with Crippen LogP contribution in [0.25, 0.3) is 0 Å². The van der Waals surface area contributed by atoms with Gasteiger partial charge in [0, 0.05) is 18.0 Å². The number of carbonyl (C=O) groups excluding carboxylic acids is 2. The van der Waals surface area contributed by atoms with E-state index in [9.17, 15) is 18.4 Å². The van der Waals surface area contributed by atoms with Crippen molar-refractivity contribution in [3.8, 4) is 0 Å². The lowest BCUT2D eigenvalue weighted by molar-refractivity contribution is -0.134. The van der Waals surface area contributed by atoms with Crippen LogP contribution in [0.1, 0.15) is 18.5 Å². The molecule has 1 fully saturated rings. The molecule has 2 amide bonds. The number of carbonyl (C=O) groups is 2. The first-order valence-corrected chi connectivity index (χ1v) is 7.46. The van der Waals surface area contributed by atoms with Crippen molar-refractivity contribution >= 4 is 17.5 Å². The first kappa shape index (κ1) is 16.0. The van der Waals surface area contributed by atoms with Crippen molar-refractivity contribution in [2.45, 2.75) is 19.4 Å². The zero-order chi connectivity index (χ0) is 17.2. The number of rotatable bonds is 5. The number of aromatic nitrogens is 1. The summed E-state index contributed by atoms with van der Waals surface area (Å²) in [6.07, 6.45) is 2.44. The maximum absolute atomic E-state index is 13.2. The van der Waals surface area contributed by atoms with Gasteiger partial charge in [-0.3, -0.25) is 14.6 Å². The molecule has 1 aliphatic rings. The van der Waals surface area contributed by atoms with Crippen LogP contribution in [-0.4, -0.2) is 16.8 Å². The van der Waals surface area contributed by atoms with Crippen molar-refractivity contribution < 1.29 is 18.4 Å². The van der Waals surface area contributed by atoms with E-state index in [2.05, 4.69) is 15.6 Å². The summed E-state index contributed by atoms with van der Waals surface area (Å²) in [5.74, 6) is -2.97. The Labute approximate surface area is 137 Å². The average molecular weight is 331 g/mol. The summed E-state index contributed by atoms with van der Waals surface area (Å²) in [7, 11) is 0. The van der Waals surface area contributed by atoms with Gasteiger partial charge in [0.2, 0.25) is 11.8 Å². The number of amides is 2. The fourth-order valence-corrected chi connectivity index (χ4v) is 2.35. The highest BCUT2D eigenvalue weighted by atomic mass is 19.2. The summed E-state index contributed by atoms with van der Waals surface area (Å²) in [4.78, 5) is 28.8. The Morgan fingerprint density at radius 2 is 1.88 bits per heavy atom. The third-order valence-electron chi connectivity index (χ3n) is 3.95. The van der Waals surface area contributed by atoms with Crippen LogP contribution in [0.2, 0.25) is 0 Å². The molecule has 7 heteroatoms. The van der Waals surface area contributed by atoms with Crippen LogP contribution in [0, 0.1) is 17.0 Å². The molecule has 1 heterocycles. The van der Waals surface area contributed by atoms with Gasteiger partial charge in [0.1, 0.15) is 5.41 Å². The van der Waals surface area contributed by atoms with E-state index in [-0.39, 0.29) is 12.2 Å². The van der Waals surface area contributed by atoms with Gasteiger partial charge in [-0.2, -0.15) is 0 Å². The second kappa shape index (κ2) is 6.35. The van der Waals surface area contributed by atoms with Crippen molar-refractivity contribution in [3.05, 3.63) is 59.9 Å². The molecule has 124 valence electrons. The predicted octanol–water partition coefficient (Wildman–Crippen LogP) is 2.39. The molecule has 5 nitrogen and oxygen atoms in total. The lowest BCUT2D eigenvalue weighted by Crippen LogP contribution is -2.39. The van der Waals surface area contributed by atoms with Gasteiger partial charge in [0.15, 0.2) is 11.6 Å². The molecule has 2 N–H and O–H groups in total. The monoisotopic (exact) mass is 331 g/mol. The van der Waals surface area contributed by atoms with Gasteiger partial charge in [-0.05, 0) is 37.1 Å². The van der Waals surface area contributed by atoms with Crippen LogP contribution >= 0.6 is 0 Å². The molecule has 0 bridgehead atoms. The van der Waals surface area contributed by atoms with Crippen LogP contribution in [0.5, 0.6) is 0 Å². The summed E-state index contributed by atoms with van der Waals surface area (Å²) in [5.41, 5.74) is -0.356. The second-order valence-electron chi connectivity index (χ2n) is 5.67. The highest BCUT2D eigenvalue weighted by Gasteiger charge is 2.56. The maximum Gasteiger partial charge on any atom is 0.240 e. The molecule has 0 saturated heterocycles. The third kappa shape index (κ3) is 3.24. The SMILES string of the molecule is O=C(NCc1ccccn1)C1(C(=O)Nc2ccc(F)c(F)c2)CC1. The van der Waals surface area contributed by atoms with Crippen molar-refractivity contribution in [2.75, 3.05) is 5.32 Å². The molecule has 0 atom stereocenters. The maximum atomic E-state index is 13.2. The topological polar surface area (TPSA) is 71.1 Å². The Morgan fingerprint density at radius 1 is 1.08 bits per heavy atom. The van der Waals surface area contributed by atoms with E-state index < -0.39 is 28.9 Å². The van der Waals surface area contributed by atoms with E-state index >= 15 is 0 Å². The number of anilines is 1. The van der Waals surface area contributed by atoms with Crippen molar-refractivity contribution in [2.24, 2.45) is 5.41 Å². The largest absolute Gasteiger partial charge is 0.350 e. The van der Waals surface area contributed by atoms with Gasteiger partial charge in [-0.25, -0.2) is 8.78 Å². The fraction of sp³-hybridized carbons (Fsp3) is 0.235. The van der Waals surface area contributed by atoms with Crippen LogP contribution in [0.3, 0.4) is 0 Å². The van der Waals surface area contributed by atoms with Crippen LogP contribution in [0.15, 0.2) is 42.6 Å². The van der Waals surface area contributed by atoms with E-state index in [0.717, 1.165) is 12.1 Å². The Hall–Kier alpha value is -2.83. The fourth-order valence-electron chi connectivity index (χ4n) is 2.35. The predicted molar refractivity (Wildman–Crippen MR) is 82.7 cm³/mol. The number of hydrogen-bond donors (Lipinski definition) is 2. The Bertz CT molecular complexity index is 777. The standard InChI is InChI=1S/C17H15F2N3O2/c18-13-5-4-11(9-14(13)19)22-16(24)17(6-7-17)15(23)21-10-12-3-1-2-8-20-12/h1-5,8-9H,6-7,10H2,(H,21,23)(H,22,24). The molecule has 1 aromatic carbocycles. The molecule has 1 aliphatic carbocycles. The summed E-state index contributed by atoms with van der Waals surface area (Å²) < 4.78 is 26.1. The molecule has 24 heavy (non-hydrogen) atoms. The molecule has 0 unspecified atom stereocenters. The van der Waals surface area contributed by atoms with Gasteiger partial charge < -0.3 is 10.6 Å². The average Bonchev–Trinajstić information content (AvgIpc) is 3.39. The number of halogens is 2. The van der Waals surface area contributed by atoms with Gasteiger partial charge in [0.05, 0.1) is 12.2 Å². The Kier molecular flexibility index (Phi) is 4.24. The minimum atomic E-state index is -1.15. The van der Waals surface area contributed by atoms with E-state index in [1.807, 2.05) is 0 Å². The second-order valence-corrected chi connectivity index (χ2v) is 5.67. The van der Waals surface area contributed by atoms with Crippen LogP contribution < -0.4 is 10.6 Å². The van der Waals surface area contributed by atoms with E-state index in [0.29, 0.717) is 18.5 Å². The highest BCUT2D eigenvalue weighted by Crippen LogP contribution is 2.46. The first-order valence-electron chi connectivity index (χ1n) is 7.46. The lowest BCUT2D eigenvalue weighted by Gasteiger charge is -2.15. The number of nitrogens with zero attached hydrogens (tertiary/aromatic N) is 1. The van der Waals surface area contributed by atoms with E-state index in [4.69, 9.17) is 0 Å². The first-order chi connectivity index (χ1) is 11.5. The zero-order valence-corrected chi connectivity index (χ0v) is 12.7. The van der Waals surface area contributed by atoms with Gasteiger partial charge >= 0.3 is 0 Å². The summed E-state index contributed by atoms with van der Waals surface area (Å²) in [5, 5.41) is 5.16. The lowest BCUT2D eigenvalue weighted by atomic mass is 10.0. The molecule has 3 rings (SSSR count). The van der Waals surface area contributed by atoms with Crippen LogP contribution in [0.4, 0.5) is 14.5 Å².